The van der Waals surface area contributed by atoms with Crippen LogP contribution in [0.5, 0.6) is 0 Å². The van der Waals surface area contributed by atoms with Crippen LogP contribution in [-0.4, -0.2) is 42.1 Å². The van der Waals surface area contributed by atoms with Crippen molar-refractivity contribution in [1.29, 1.82) is 0 Å². The second kappa shape index (κ2) is 5.38. The fourth-order valence-corrected chi connectivity index (χ4v) is 1.79. The van der Waals surface area contributed by atoms with Crippen LogP contribution in [0.3, 0.4) is 0 Å². The van der Waals surface area contributed by atoms with Gasteiger partial charge in [0.1, 0.15) is 0 Å². The van der Waals surface area contributed by atoms with E-state index in [0.29, 0.717) is 13.2 Å². The molecule has 1 aliphatic rings. The first-order valence-corrected chi connectivity index (χ1v) is 5.98. The van der Waals surface area contributed by atoms with E-state index in [1.165, 1.54) is 0 Å². The van der Waals surface area contributed by atoms with Crippen LogP contribution < -0.4 is 5.32 Å². The number of carbonyl (C=O) groups is 2. The van der Waals surface area contributed by atoms with Gasteiger partial charge in [-0.05, 0) is 27.2 Å². The van der Waals surface area contributed by atoms with Crippen LogP contribution >= 0.6 is 0 Å². The van der Waals surface area contributed by atoms with Gasteiger partial charge in [0.15, 0.2) is 0 Å². The van der Waals surface area contributed by atoms with Gasteiger partial charge in [0.05, 0.1) is 6.61 Å². The summed E-state index contributed by atoms with van der Waals surface area (Å²) in [6.07, 6.45) is 0.515. The van der Waals surface area contributed by atoms with Gasteiger partial charge in [-0.25, -0.2) is 4.79 Å². The maximum absolute atomic E-state index is 11.4. The fraction of sp³-hybridized carbons (Fsp3) is 0.833. The Morgan fingerprint density at radius 1 is 1.41 bits per heavy atom. The van der Waals surface area contributed by atoms with E-state index in [1.54, 1.807) is 11.8 Å². The summed E-state index contributed by atoms with van der Waals surface area (Å²) in [4.78, 5) is 24.3. The third-order valence-electron chi connectivity index (χ3n) is 2.66. The molecule has 1 saturated heterocycles. The summed E-state index contributed by atoms with van der Waals surface area (Å²) in [7, 11) is 0. The predicted molar refractivity (Wildman–Crippen MR) is 64.6 cm³/mol. The second-order valence-electron chi connectivity index (χ2n) is 5.59. The van der Waals surface area contributed by atoms with Crippen LogP contribution in [0, 0.1) is 5.92 Å². The molecule has 1 aliphatic heterocycles. The molecule has 0 aliphatic carbocycles. The van der Waals surface area contributed by atoms with Gasteiger partial charge in [0.2, 0.25) is 5.91 Å². The number of hydrogen-bond acceptors (Lipinski definition) is 3. The average Bonchev–Trinajstić information content (AvgIpc) is 2.60. The molecule has 1 N–H and O–H groups in total. The Balaban J connectivity index is 2.24. The highest BCUT2D eigenvalue weighted by atomic mass is 16.5. The molecule has 1 atom stereocenters. The molecule has 17 heavy (non-hydrogen) atoms. The first-order valence-electron chi connectivity index (χ1n) is 5.98. The Kier molecular flexibility index (Phi) is 4.37. The number of amides is 2. The van der Waals surface area contributed by atoms with E-state index in [2.05, 4.69) is 5.32 Å². The lowest BCUT2D eigenvalue weighted by Crippen LogP contribution is -2.41. The topological polar surface area (TPSA) is 58.6 Å². The standard InChI is InChI=1S/C12H22N2O3/c1-9(15)14-6-5-10(7-14)8-17-11(16)13-12(2,3)4/h10H,5-8H2,1-4H3,(H,13,16). The van der Waals surface area contributed by atoms with Crippen molar-refractivity contribution in [2.45, 2.75) is 39.7 Å². The van der Waals surface area contributed by atoms with Crippen LogP contribution in [0.1, 0.15) is 34.1 Å². The lowest BCUT2D eigenvalue weighted by Gasteiger charge is -2.21. The molecule has 0 aromatic heterocycles. The number of alkyl carbamates (subject to hydrolysis) is 1. The molecule has 0 aromatic carbocycles. The summed E-state index contributed by atoms with van der Waals surface area (Å²) in [6.45, 7) is 9.12. The van der Waals surface area contributed by atoms with E-state index < -0.39 is 6.09 Å². The molecule has 0 bridgehead atoms. The molecule has 0 saturated carbocycles. The summed E-state index contributed by atoms with van der Waals surface area (Å²) in [6, 6.07) is 0. The van der Waals surface area contributed by atoms with E-state index in [1.807, 2.05) is 20.8 Å². The molecule has 0 aromatic rings. The Morgan fingerprint density at radius 2 is 2.06 bits per heavy atom. The Morgan fingerprint density at radius 3 is 2.53 bits per heavy atom. The molecule has 1 heterocycles. The molecule has 0 radical (unpaired) electrons. The van der Waals surface area contributed by atoms with E-state index in [4.69, 9.17) is 4.74 Å². The SMILES string of the molecule is CC(=O)N1CCC(COC(=O)NC(C)(C)C)C1. The summed E-state index contributed by atoms with van der Waals surface area (Å²) in [5.74, 6) is 0.358. The molecule has 1 unspecified atom stereocenters. The first kappa shape index (κ1) is 13.8. The van der Waals surface area contributed by atoms with Crippen LogP contribution in [0.25, 0.3) is 0 Å². The minimum Gasteiger partial charge on any atom is -0.449 e. The maximum atomic E-state index is 11.4. The number of carbonyl (C=O) groups excluding carboxylic acids is 2. The van der Waals surface area contributed by atoms with Crippen molar-refractivity contribution in [2.24, 2.45) is 5.92 Å². The van der Waals surface area contributed by atoms with Crippen molar-refractivity contribution in [2.75, 3.05) is 19.7 Å². The van der Waals surface area contributed by atoms with Crippen LogP contribution in [0.4, 0.5) is 4.79 Å². The molecule has 2 amide bonds. The third kappa shape index (κ3) is 5.06. The minimum atomic E-state index is -0.390. The minimum absolute atomic E-state index is 0.0895. The van der Waals surface area contributed by atoms with Crippen molar-refractivity contribution >= 4 is 12.0 Å². The lowest BCUT2D eigenvalue weighted by molar-refractivity contribution is -0.127. The van der Waals surface area contributed by atoms with Crippen molar-refractivity contribution < 1.29 is 14.3 Å². The van der Waals surface area contributed by atoms with Gasteiger partial charge < -0.3 is 15.0 Å². The summed E-state index contributed by atoms with van der Waals surface area (Å²) in [5, 5.41) is 2.74. The molecule has 5 nitrogen and oxygen atoms in total. The number of hydrogen-bond donors (Lipinski definition) is 1. The van der Waals surface area contributed by atoms with Gasteiger partial charge in [-0.15, -0.1) is 0 Å². The highest BCUT2D eigenvalue weighted by molar-refractivity contribution is 5.73. The number of rotatable bonds is 2. The summed E-state index contributed by atoms with van der Waals surface area (Å²) >= 11 is 0. The van der Waals surface area contributed by atoms with Crippen LogP contribution in [0.2, 0.25) is 0 Å². The molecule has 0 spiro atoms. The van der Waals surface area contributed by atoms with Crippen molar-refractivity contribution in [1.82, 2.24) is 10.2 Å². The van der Waals surface area contributed by atoms with Crippen molar-refractivity contribution in [3.63, 3.8) is 0 Å². The Labute approximate surface area is 102 Å². The molecule has 1 rings (SSSR count). The van der Waals surface area contributed by atoms with Gasteiger partial charge in [-0.2, -0.15) is 0 Å². The molecule has 98 valence electrons. The molecular formula is C12H22N2O3. The third-order valence-corrected chi connectivity index (χ3v) is 2.66. The summed E-state index contributed by atoms with van der Waals surface area (Å²) in [5.41, 5.74) is -0.280. The zero-order valence-electron chi connectivity index (χ0n) is 11.1. The molecule has 1 fully saturated rings. The highest BCUT2D eigenvalue weighted by Crippen LogP contribution is 2.16. The quantitative estimate of drug-likeness (QED) is 0.796. The molecular weight excluding hydrogens is 220 g/mol. The van der Waals surface area contributed by atoms with E-state index in [9.17, 15) is 9.59 Å². The van der Waals surface area contributed by atoms with Gasteiger partial charge in [0.25, 0.3) is 0 Å². The van der Waals surface area contributed by atoms with Gasteiger partial charge in [-0.1, -0.05) is 0 Å². The van der Waals surface area contributed by atoms with E-state index >= 15 is 0 Å². The predicted octanol–water partition coefficient (Wildman–Crippen LogP) is 1.38. The zero-order chi connectivity index (χ0) is 13.1. The van der Waals surface area contributed by atoms with Gasteiger partial charge in [-0.3, -0.25) is 4.79 Å². The molecule has 5 heteroatoms. The average molecular weight is 242 g/mol. The fourth-order valence-electron chi connectivity index (χ4n) is 1.79. The van der Waals surface area contributed by atoms with Crippen molar-refractivity contribution in [3.8, 4) is 0 Å². The second-order valence-corrected chi connectivity index (χ2v) is 5.59. The van der Waals surface area contributed by atoms with Gasteiger partial charge >= 0.3 is 6.09 Å². The van der Waals surface area contributed by atoms with Crippen molar-refractivity contribution in [3.05, 3.63) is 0 Å². The maximum Gasteiger partial charge on any atom is 0.407 e. The number of ether oxygens (including phenoxy) is 1. The van der Waals surface area contributed by atoms with Crippen LogP contribution in [-0.2, 0) is 9.53 Å². The summed E-state index contributed by atoms with van der Waals surface area (Å²) < 4.78 is 5.14. The van der Waals surface area contributed by atoms with Crippen LogP contribution in [0.15, 0.2) is 0 Å². The van der Waals surface area contributed by atoms with E-state index in [0.717, 1.165) is 13.0 Å². The largest absolute Gasteiger partial charge is 0.449 e. The number of nitrogens with zero attached hydrogens (tertiary/aromatic N) is 1. The number of nitrogens with one attached hydrogen (secondary N) is 1. The Bertz CT molecular complexity index is 297. The number of likely N-dealkylation sites (tertiary alicyclic amines) is 1. The normalized spacial score (nSPS) is 20.2. The van der Waals surface area contributed by atoms with Gasteiger partial charge in [0, 0.05) is 31.5 Å². The Hall–Kier alpha value is -1.26. The zero-order valence-corrected chi connectivity index (χ0v) is 11.1. The smallest absolute Gasteiger partial charge is 0.407 e. The van der Waals surface area contributed by atoms with E-state index in [-0.39, 0.29) is 17.4 Å². The lowest BCUT2D eigenvalue weighted by atomic mass is 10.1. The highest BCUT2D eigenvalue weighted by Gasteiger charge is 2.25. The first-order chi connectivity index (χ1) is 7.78. The monoisotopic (exact) mass is 242 g/mol.